The van der Waals surface area contributed by atoms with Gasteiger partial charge in [0.25, 0.3) is 5.91 Å². The Balaban J connectivity index is 2.09. The molecule has 0 spiro atoms. The van der Waals surface area contributed by atoms with Crippen molar-refractivity contribution in [2.45, 2.75) is 58.6 Å². The number of nitrogens with two attached hydrogens (primary N) is 1. The van der Waals surface area contributed by atoms with Gasteiger partial charge in [0, 0.05) is 19.1 Å². The maximum absolute atomic E-state index is 12.8. The third kappa shape index (κ3) is 4.71. The highest BCUT2D eigenvalue weighted by atomic mass is 16.5. The minimum Gasteiger partial charge on any atom is -0.480 e. The first-order valence-electron chi connectivity index (χ1n) is 8.69. The second-order valence-corrected chi connectivity index (χ2v) is 7.17. The molecular formula is C19H30N2O2. The van der Waals surface area contributed by atoms with Crippen LogP contribution in [0.3, 0.4) is 0 Å². The smallest absolute Gasteiger partial charge is 0.263 e. The number of carbonyl (C=O) groups is 1. The SMILES string of the molecule is CC(C)c1cccc(OC(C(=O)N2CCC(N)CC2)C(C)C)c1. The molecule has 0 aliphatic carbocycles. The van der Waals surface area contributed by atoms with Crippen molar-refractivity contribution >= 4 is 5.91 Å². The molecule has 1 aromatic carbocycles. The molecule has 1 saturated heterocycles. The molecule has 1 heterocycles. The Morgan fingerprint density at radius 1 is 1.22 bits per heavy atom. The average molecular weight is 318 g/mol. The summed E-state index contributed by atoms with van der Waals surface area (Å²) in [5.74, 6) is 1.43. The molecular weight excluding hydrogens is 288 g/mol. The van der Waals surface area contributed by atoms with Gasteiger partial charge in [-0.25, -0.2) is 0 Å². The molecule has 4 nitrogen and oxygen atoms in total. The van der Waals surface area contributed by atoms with Crippen LogP contribution in [0.1, 0.15) is 52.0 Å². The largest absolute Gasteiger partial charge is 0.480 e. The predicted molar refractivity (Wildman–Crippen MR) is 93.6 cm³/mol. The molecule has 0 saturated carbocycles. The summed E-state index contributed by atoms with van der Waals surface area (Å²) in [7, 11) is 0. The molecule has 0 aromatic heterocycles. The average Bonchev–Trinajstić information content (AvgIpc) is 2.52. The first-order valence-corrected chi connectivity index (χ1v) is 8.69. The van der Waals surface area contributed by atoms with Crippen molar-refractivity contribution in [3.63, 3.8) is 0 Å². The molecule has 1 fully saturated rings. The number of piperidine rings is 1. The van der Waals surface area contributed by atoms with Crippen LogP contribution in [0.5, 0.6) is 5.75 Å². The number of hydrogen-bond donors (Lipinski definition) is 1. The lowest BCUT2D eigenvalue weighted by atomic mass is 10.0. The molecule has 1 atom stereocenters. The van der Waals surface area contributed by atoms with Crippen LogP contribution in [0.2, 0.25) is 0 Å². The lowest BCUT2D eigenvalue weighted by molar-refractivity contribution is -0.141. The fraction of sp³-hybridized carbons (Fsp3) is 0.632. The fourth-order valence-electron chi connectivity index (χ4n) is 2.87. The molecule has 1 aromatic rings. The molecule has 0 radical (unpaired) electrons. The topological polar surface area (TPSA) is 55.6 Å². The van der Waals surface area contributed by atoms with Crippen LogP contribution in [0, 0.1) is 5.92 Å². The minimum atomic E-state index is -0.438. The van der Waals surface area contributed by atoms with E-state index in [4.69, 9.17) is 10.5 Å². The predicted octanol–water partition coefficient (Wildman–Crippen LogP) is 3.16. The van der Waals surface area contributed by atoms with Crippen LogP contribution in [-0.2, 0) is 4.79 Å². The number of likely N-dealkylation sites (tertiary alicyclic amines) is 1. The van der Waals surface area contributed by atoms with Crippen LogP contribution < -0.4 is 10.5 Å². The zero-order valence-electron chi connectivity index (χ0n) is 14.8. The molecule has 1 aliphatic rings. The van der Waals surface area contributed by atoms with E-state index in [1.54, 1.807) is 0 Å². The van der Waals surface area contributed by atoms with Gasteiger partial charge in [-0.2, -0.15) is 0 Å². The summed E-state index contributed by atoms with van der Waals surface area (Å²) in [5.41, 5.74) is 7.16. The van der Waals surface area contributed by atoms with E-state index < -0.39 is 6.10 Å². The Kier molecular flexibility index (Phi) is 6.05. The van der Waals surface area contributed by atoms with E-state index in [9.17, 15) is 4.79 Å². The molecule has 2 rings (SSSR count). The molecule has 128 valence electrons. The Hall–Kier alpha value is -1.55. The zero-order valence-corrected chi connectivity index (χ0v) is 14.8. The summed E-state index contributed by atoms with van der Waals surface area (Å²) >= 11 is 0. The molecule has 23 heavy (non-hydrogen) atoms. The van der Waals surface area contributed by atoms with Crippen molar-refractivity contribution < 1.29 is 9.53 Å². The van der Waals surface area contributed by atoms with Crippen molar-refractivity contribution in [2.75, 3.05) is 13.1 Å². The quantitative estimate of drug-likeness (QED) is 0.907. The summed E-state index contributed by atoms with van der Waals surface area (Å²) in [6.45, 7) is 9.84. The lowest BCUT2D eigenvalue weighted by Gasteiger charge is -2.34. The van der Waals surface area contributed by atoms with Gasteiger partial charge in [-0.15, -0.1) is 0 Å². The Morgan fingerprint density at radius 3 is 2.43 bits per heavy atom. The number of amides is 1. The number of benzene rings is 1. The number of nitrogens with zero attached hydrogens (tertiary/aromatic N) is 1. The highest BCUT2D eigenvalue weighted by molar-refractivity contribution is 5.81. The maximum atomic E-state index is 12.8. The van der Waals surface area contributed by atoms with Crippen LogP contribution in [0.15, 0.2) is 24.3 Å². The zero-order chi connectivity index (χ0) is 17.0. The first-order chi connectivity index (χ1) is 10.9. The number of hydrogen-bond acceptors (Lipinski definition) is 3. The Morgan fingerprint density at radius 2 is 1.87 bits per heavy atom. The fourth-order valence-corrected chi connectivity index (χ4v) is 2.87. The normalized spacial score (nSPS) is 17.6. The van der Waals surface area contributed by atoms with Crippen molar-refractivity contribution in [2.24, 2.45) is 11.7 Å². The van der Waals surface area contributed by atoms with Crippen LogP contribution in [0.25, 0.3) is 0 Å². The monoisotopic (exact) mass is 318 g/mol. The third-order valence-electron chi connectivity index (χ3n) is 4.49. The van der Waals surface area contributed by atoms with E-state index in [1.807, 2.05) is 36.9 Å². The van der Waals surface area contributed by atoms with Gasteiger partial charge in [0.15, 0.2) is 6.10 Å². The Labute approximate surface area is 140 Å². The van der Waals surface area contributed by atoms with Gasteiger partial charge in [-0.3, -0.25) is 4.79 Å². The number of carbonyl (C=O) groups excluding carboxylic acids is 1. The van der Waals surface area contributed by atoms with Crippen molar-refractivity contribution in [3.8, 4) is 5.75 Å². The second-order valence-electron chi connectivity index (χ2n) is 7.17. The highest BCUT2D eigenvalue weighted by Gasteiger charge is 2.31. The van der Waals surface area contributed by atoms with Crippen LogP contribution in [0.4, 0.5) is 0 Å². The van der Waals surface area contributed by atoms with Crippen molar-refractivity contribution in [1.29, 1.82) is 0 Å². The van der Waals surface area contributed by atoms with Crippen molar-refractivity contribution in [1.82, 2.24) is 4.90 Å². The van der Waals surface area contributed by atoms with Gasteiger partial charge in [-0.1, -0.05) is 39.8 Å². The van der Waals surface area contributed by atoms with E-state index in [1.165, 1.54) is 5.56 Å². The van der Waals surface area contributed by atoms with Gasteiger partial charge in [0.2, 0.25) is 0 Å². The minimum absolute atomic E-state index is 0.0850. The van der Waals surface area contributed by atoms with E-state index in [2.05, 4.69) is 19.9 Å². The van der Waals surface area contributed by atoms with Gasteiger partial charge in [0.1, 0.15) is 5.75 Å². The van der Waals surface area contributed by atoms with Crippen molar-refractivity contribution in [3.05, 3.63) is 29.8 Å². The molecule has 1 amide bonds. The van der Waals surface area contributed by atoms with Gasteiger partial charge in [0.05, 0.1) is 0 Å². The third-order valence-corrected chi connectivity index (χ3v) is 4.49. The van der Waals surface area contributed by atoms with Gasteiger partial charge < -0.3 is 15.4 Å². The van der Waals surface area contributed by atoms with Crippen LogP contribution in [-0.4, -0.2) is 36.0 Å². The molecule has 1 unspecified atom stereocenters. The molecule has 1 aliphatic heterocycles. The highest BCUT2D eigenvalue weighted by Crippen LogP contribution is 2.23. The van der Waals surface area contributed by atoms with Crippen LogP contribution >= 0.6 is 0 Å². The van der Waals surface area contributed by atoms with E-state index in [-0.39, 0.29) is 17.9 Å². The number of ether oxygens (including phenoxy) is 1. The van der Waals surface area contributed by atoms with Gasteiger partial charge in [-0.05, 0) is 42.4 Å². The van der Waals surface area contributed by atoms with E-state index in [0.29, 0.717) is 5.92 Å². The van der Waals surface area contributed by atoms with E-state index >= 15 is 0 Å². The summed E-state index contributed by atoms with van der Waals surface area (Å²) in [6, 6.07) is 8.28. The second kappa shape index (κ2) is 7.82. The molecule has 0 bridgehead atoms. The summed E-state index contributed by atoms with van der Waals surface area (Å²) < 4.78 is 6.09. The molecule has 4 heteroatoms. The Bertz CT molecular complexity index is 520. The lowest BCUT2D eigenvalue weighted by Crippen LogP contribution is -2.49. The summed E-state index contributed by atoms with van der Waals surface area (Å²) in [4.78, 5) is 14.7. The standard InChI is InChI=1S/C19H30N2O2/c1-13(2)15-6-5-7-17(12-15)23-18(14(3)4)19(22)21-10-8-16(20)9-11-21/h5-7,12-14,16,18H,8-11,20H2,1-4H3. The molecule has 2 N–H and O–H groups in total. The van der Waals surface area contributed by atoms with E-state index in [0.717, 1.165) is 31.7 Å². The maximum Gasteiger partial charge on any atom is 0.263 e. The summed E-state index contributed by atoms with van der Waals surface area (Å²) in [6.07, 6.45) is 1.31. The number of rotatable bonds is 5. The first kappa shape index (κ1) is 17.8. The summed E-state index contributed by atoms with van der Waals surface area (Å²) in [5, 5.41) is 0. The van der Waals surface area contributed by atoms with Gasteiger partial charge >= 0.3 is 0 Å².